The SMILES string of the molecule is C=CC(C)(C)c1cc(/C=C/C(=O)c2ccc([OH2+])cc2)c(OC)cc1O. The highest BCUT2D eigenvalue weighted by molar-refractivity contribution is 6.07. The van der Waals surface area contributed by atoms with E-state index in [2.05, 4.69) is 6.58 Å². The number of phenolic OH excluding ortho intramolecular Hbond substituents is 1. The zero-order valence-corrected chi connectivity index (χ0v) is 14.7. The Morgan fingerprint density at radius 3 is 2.44 bits per heavy atom. The molecule has 4 nitrogen and oxygen atoms in total. The lowest BCUT2D eigenvalue weighted by Gasteiger charge is -2.23. The molecule has 0 aromatic heterocycles. The third-order valence-corrected chi connectivity index (χ3v) is 4.14. The number of benzene rings is 2. The number of phenols is 1. The maximum absolute atomic E-state index is 12.3. The molecule has 0 amide bonds. The van der Waals surface area contributed by atoms with Crippen LogP contribution in [-0.2, 0) is 5.41 Å². The maximum Gasteiger partial charge on any atom is 0.253 e. The normalized spacial score (nSPS) is 11.5. The van der Waals surface area contributed by atoms with Gasteiger partial charge in [-0.2, -0.15) is 0 Å². The molecule has 0 saturated carbocycles. The zero-order chi connectivity index (χ0) is 18.6. The van der Waals surface area contributed by atoms with E-state index in [1.54, 1.807) is 48.6 Å². The summed E-state index contributed by atoms with van der Waals surface area (Å²) in [6.45, 7) is 7.71. The summed E-state index contributed by atoms with van der Waals surface area (Å²) in [6.07, 6.45) is 4.88. The van der Waals surface area contributed by atoms with Crippen molar-refractivity contribution >= 4 is 11.9 Å². The summed E-state index contributed by atoms with van der Waals surface area (Å²) in [4.78, 5) is 12.3. The lowest BCUT2D eigenvalue weighted by atomic mass is 9.83. The van der Waals surface area contributed by atoms with E-state index >= 15 is 0 Å². The molecule has 130 valence electrons. The Balaban J connectivity index is 2.40. The van der Waals surface area contributed by atoms with Gasteiger partial charge in [-0.25, -0.2) is 0 Å². The van der Waals surface area contributed by atoms with Gasteiger partial charge >= 0.3 is 0 Å². The van der Waals surface area contributed by atoms with E-state index in [0.29, 0.717) is 28.2 Å². The maximum atomic E-state index is 12.3. The van der Waals surface area contributed by atoms with Gasteiger partial charge in [-0.1, -0.05) is 19.9 Å². The van der Waals surface area contributed by atoms with Crippen molar-refractivity contribution in [1.29, 1.82) is 0 Å². The van der Waals surface area contributed by atoms with E-state index in [1.807, 2.05) is 13.8 Å². The van der Waals surface area contributed by atoms with Crippen LogP contribution in [0.1, 0.15) is 35.3 Å². The second-order valence-corrected chi connectivity index (χ2v) is 6.31. The molecule has 4 heteroatoms. The minimum absolute atomic E-state index is 0.122. The van der Waals surface area contributed by atoms with Crippen LogP contribution in [-0.4, -0.2) is 23.1 Å². The van der Waals surface area contributed by atoms with Crippen LogP contribution in [0, 0.1) is 0 Å². The summed E-state index contributed by atoms with van der Waals surface area (Å²) in [7, 11) is 1.51. The van der Waals surface area contributed by atoms with Crippen LogP contribution in [0.3, 0.4) is 0 Å². The van der Waals surface area contributed by atoms with Crippen LogP contribution in [0.15, 0.2) is 55.1 Å². The minimum atomic E-state index is -0.424. The topological polar surface area (TPSA) is 69.4 Å². The number of carbonyl (C=O) groups excluding carboxylic acids is 1. The molecule has 0 spiro atoms. The Kier molecular flexibility index (Phi) is 5.32. The first-order valence-corrected chi connectivity index (χ1v) is 7.87. The van der Waals surface area contributed by atoms with Crippen LogP contribution in [0.25, 0.3) is 6.08 Å². The highest BCUT2D eigenvalue weighted by Crippen LogP contribution is 2.37. The largest absolute Gasteiger partial charge is 0.593 e. The van der Waals surface area contributed by atoms with Gasteiger partial charge in [0.05, 0.1) is 7.11 Å². The van der Waals surface area contributed by atoms with E-state index in [0.717, 1.165) is 0 Å². The lowest BCUT2D eigenvalue weighted by molar-refractivity contribution is 0.104. The number of methoxy groups -OCH3 is 1. The Bertz CT molecular complexity index is 815. The molecule has 0 fully saturated rings. The highest BCUT2D eigenvalue weighted by atomic mass is 16.5. The smallest absolute Gasteiger partial charge is 0.253 e. The number of ketones is 1. The number of ether oxygens (including phenoxy) is 1. The zero-order valence-electron chi connectivity index (χ0n) is 14.7. The molecule has 0 aliphatic rings. The molecule has 2 aromatic carbocycles. The fraction of sp³-hybridized carbons (Fsp3) is 0.190. The molecule has 2 rings (SSSR count). The third-order valence-electron chi connectivity index (χ3n) is 4.14. The fourth-order valence-corrected chi connectivity index (χ4v) is 2.42. The van der Waals surface area contributed by atoms with Crippen molar-refractivity contribution in [2.75, 3.05) is 7.11 Å². The third kappa shape index (κ3) is 4.10. The van der Waals surface area contributed by atoms with Crippen molar-refractivity contribution in [2.45, 2.75) is 19.3 Å². The average Bonchev–Trinajstić information content (AvgIpc) is 2.60. The number of carbonyl (C=O) groups is 1. The van der Waals surface area contributed by atoms with Crippen LogP contribution < -0.4 is 4.74 Å². The number of hydrogen-bond donors (Lipinski definition) is 1. The average molecular weight is 339 g/mol. The van der Waals surface area contributed by atoms with Crippen molar-refractivity contribution in [3.63, 3.8) is 0 Å². The van der Waals surface area contributed by atoms with Crippen molar-refractivity contribution in [1.82, 2.24) is 0 Å². The van der Waals surface area contributed by atoms with Gasteiger partial charge in [-0.3, -0.25) is 4.79 Å². The van der Waals surface area contributed by atoms with Crippen LogP contribution in [0.4, 0.5) is 0 Å². The molecule has 0 bridgehead atoms. The molecule has 25 heavy (non-hydrogen) atoms. The first-order valence-electron chi connectivity index (χ1n) is 7.87. The van der Waals surface area contributed by atoms with E-state index in [1.165, 1.54) is 13.2 Å². The summed E-state index contributed by atoms with van der Waals surface area (Å²) < 4.78 is 5.31. The highest BCUT2D eigenvalue weighted by Gasteiger charge is 2.22. The van der Waals surface area contributed by atoms with Gasteiger partial charge in [0.15, 0.2) is 5.78 Å². The molecule has 0 aliphatic heterocycles. The lowest BCUT2D eigenvalue weighted by Crippen LogP contribution is -2.13. The molecule has 0 saturated heterocycles. The Hall–Kier alpha value is -3.01. The van der Waals surface area contributed by atoms with E-state index in [4.69, 9.17) is 9.84 Å². The van der Waals surface area contributed by atoms with Gasteiger partial charge < -0.3 is 14.9 Å². The van der Waals surface area contributed by atoms with Gasteiger partial charge in [0.1, 0.15) is 11.5 Å². The summed E-state index contributed by atoms with van der Waals surface area (Å²) in [5.41, 5.74) is 1.48. The first-order chi connectivity index (χ1) is 11.8. The number of allylic oxidation sites excluding steroid dienone is 2. The molecular formula is C21H23O4+. The van der Waals surface area contributed by atoms with Crippen molar-refractivity contribution < 1.29 is 19.7 Å². The monoisotopic (exact) mass is 339 g/mol. The molecule has 3 N–H and O–H groups in total. The molecule has 2 aromatic rings. The fourth-order valence-electron chi connectivity index (χ4n) is 2.42. The predicted octanol–water partition coefficient (Wildman–Crippen LogP) is 4.20. The predicted molar refractivity (Wildman–Crippen MR) is 101 cm³/mol. The Labute approximate surface area is 147 Å². The first kappa shape index (κ1) is 18.3. The van der Waals surface area contributed by atoms with Crippen LogP contribution in [0.5, 0.6) is 17.2 Å². The van der Waals surface area contributed by atoms with Crippen molar-refractivity contribution in [3.8, 4) is 17.2 Å². The second-order valence-electron chi connectivity index (χ2n) is 6.31. The van der Waals surface area contributed by atoms with Gasteiger partial charge in [0.25, 0.3) is 5.75 Å². The Morgan fingerprint density at radius 1 is 1.24 bits per heavy atom. The van der Waals surface area contributed by atoms with E-state index in [-0.39, 0.29) is 11.5 Å². The van der Waals surface area contributed by atoms with Gasteiger partial charge in [-0.15, -0.1) is 6.58 Å². The standard InChI is InChI=1S/C21H22O4/c1-5-21(2,3)17-12-15(20(25-4)13-19(17)24)8-11-18(23)14-6-9-16(22)10-7-14/h5-13,22,24H,1H2,2-4H3/p+1/b11-8+. The number of aromatic hydroxyl groups is 1. The summed E-state index contributed by atoms with van der Waals surface area (Å²) in [5, 5.41) is 17.7. The molecule has 0 aliphatic carbocycles. The molecule has 0 radical (unpaired) electrons. The summed E-state index contributed by atoms with van der Waals surface area (Å²) in [6, 6.07) is 9.73. The van der Waals surface area contributed by atoms with Crippen LogP contribution in [0.2, 0.25) is 0 Å². The molecule has 0 unspecified atom stereocenters. The molecule has 0 atom stereocenters. The van der Waals surface area contributed by atoms with Gasteiger partial charge in [-0.05, 0) is 30.4 Å². The van der Waals surface area contributed by atoms with E-state index < -0.39 is 5.41 Å². The van der Waals surface area contributed by atoms with Crippen LogP contribution >= 0.6 is 0 Å². The number of hydrogen-bond acceptors (Lipinski definition) is 3. The summed E-state index contributed by atoms with van der Waals surface area (Å²) in [5.74, 6) is 0.791. The summed E-state index contributed by atoms with van der Waals surface area (Å²) >= 11 is 0. The quantitative estimate of drug-likeness (QED) is 0.371. The number of rotatable bonds is 6. The van der Waals surface area contributed by atoms with Crippen molar-refractivity contribution in [3.05, 3.63) is 71.8 Å². The minimum Gasteiger partial charge on any atom is -0.593 e. The molecular weight excluding hydrogens is 316 g/mol. The van der Waals surface area contributed by atoms with E-state index in [9.17, 15) is 9.90 Å². The second kappa shape index (κ2) is 7.26. The molecule has 0 heterocycles. The Morgan fingerprint density at radius 2 is 1.88 bits per heavy atom. The van der Waals surface area contributed by atoms with Crippen molar-refractivity contribution in [2.24, 2.45) is 0 Å². The van der Waals surface area contributed by atoms with Gasteiger partial charge in [0, 0.05) is 40.3 Å². The van der Waals surface area contributed by atoms with Gasteiger partial charge in [0.2, 0.25) is 0 Å².